The number of ketones is 1. The van der Waals surface area contributed by atoms with Crippen molar-refractivity contribution in [3.63, 3.8) is 0 Å². The molecule has 1 aliphatic carbocycles. The van der Waals surface area contributed by atoms with E-state index in [1.54, 1.807) is 0 Å². The molecular formula is C26H20O. The monoisotopic (exact) mass is 348 g/mol. The summed E-state index contributed by atoms with van der Waals surface area (Å²) in [6.07, 6.45) is 0.746. The summed E-state index contributed by atoms with van der Waals surface area (Å²) in [7, 11) is 0. The molecule has 0 aliphatic heterocycles. The summed E-state index contributed by atoms with van der Waals surface area (Å²) in [6.45, 7) is 2.10. The van der Waals surface area contributed by atoms with Crippen LogP contribution in [0.15, 0.2) is 91.0 Å². The predicted molar refractivity (Wildman–Crippen MR) is 111 cm³/mol. The van der Waals surface area contributed by atoms with Gasteiger partial charge >= 0.3 is 0 Å². The third kappa shape index (κ3) is 2.43. The van der Waals surface area contributed by atoms with Gasteiger partial charge in [0.25, 0.3) is 0 Å². The topological polar surface area (TPSA) is 17.1 Å². The van der Waals surface area contributed by atoms with E-state index in [2.05, 4.69) is 67.6 Å². The van der Waals surface area contributed by atoms with Crippen molar-refractivity contribution in [2.75, 3.05) is 0 Å². The van der Waals surface area contributed by atoms with Crippen molar-refractivity contribution in [2.24, 2.45) is 0 Å². The molecule has 5 rings (SSSR count). The number of carbonyl (C=O) groups excluding carboxylic acids is 1. The van der Waals surface area contributed by atoms with Crippen molar-refractivity contribution in [1.29, 1.82) is 0 Å². The zero-order valence-electron chi connectivity index (χ0n) is 15.3. The minimum Gasteiger partial charge on any atom is -0.293 e. The van der Waals surface area contributed by atoms with Gasteiger partial charge in [-0.25, -0.2) is 0 Å². The number of Topliss-reactive ketones (excluding diaryl/α,β-unsaturated/α-hetero) is 1. The van der Waals surface area contributed by atoms with Crippen molar-refractivity contribution in [1.82, 2.24) is 0 Å². The maximum atomic E-state index is 13.4. The van der Waals surface area contributed by atoms with Crippen LogP contribution in [-0.2, 0) is 11.8 Å². The van der Waals surface area contributed by atoms with Gasteiger partial charge < -0.3 is 0 Å². The van der Waals surface area contributed by atoms with Crippen LogP contribution in [0.3, 0.4) is 0 Å². The molecule has 0 N–H and O–H groups in total. The highest BCUT2D eigenvalue weighted by Gasteiger charge is 2.43. The quantitative estimate of drug-likeness (QED) is 0.421. The summed E-state index contributed by atoms with van der Waals surface area (Å²) in [5.74, 6) is 0.230. The van der Waals surface area contributed by atoms with Gasteiger partial charge in [0.05, 0.1) is 5.41 Å². The minimum atomic E-state index is -0.515. The summed E-state index contributed by atoms with van der Waals surface area (Å²) in [4.78, 5) is 13.4. The van der Waals surface area contributed by atoms with Gasteiger partial charge in [-0.2, -0.15) is 0 Å². The normalized spacial score (nSPS) is 18.6. The Hall–Kier alpha value is -3.19. The Morgan fingerprint density at radius 1 is 0.741 bits per heavy atom. The Labute approximate surface area is 159 Å². The molecule has 4 aromatic rings. The van der Waals surface area contributed by atoms with E-state index >= 15 is 0 Å². The van der Waals surface area contributed by atoms with Crippen molar-refractivity contribution < 1.29 is 4.79 Å². The van der Waals surface area contributed by atoms with Crippen molar-refractivity contribution in [2.45, 2.75) is 18.8 Å². The van der Waals surface area contributed by atoms with Crippen LogP contribution >= 0.6 is 0 Å². The van der Waals surface area contributed by atoms with Crippen LogP contribution in [-0.4, -0.2) is 5.78 Å². The molecule has 0 aromatic heterocycles. The van der Waals surface area contributed by atoms with Gasteiger partial charge in [0, 0.05) is 5.56 Å². The number of rotatable bonds is 2. The molecule has 1 aliphatic rings. The average molecular weight is 348 g/mol. The molecule has 0 heterocycles. The van der Waals surface area contributed by atoms with Crippen LogP contribution < -0.4 is 0 Å². The molecule has 0 fully saturated rings. The largest absolute Gasteiger partial charge is 0.293 e. The van der Waals surface area contributed by atoms with Gasteiger partial charge in [0.2, 0.25) is 0 Å². The molecule has 0 saturated heterocycles. The summed E-state index contributed by atoms with van der Waals surface area (Å²) in [5, 5.41) is 2.36. The molecule has 0 spiro atoms. The molecule has 0 bridgehead atoms. The molecule has 0 radical (unpaired) electrons. The van der Waals surface area contributed by atoms with E-state index in [0.29, 0.717) is 0 Å². The van der Waals surface area contributed by atoms with Crippen LogP contribution in [0.5, 0.6) is 0 Å². The highest BCUT2D eigenvalue weighted by Crippen LogP contribution is 2.43. The van der Waals surface area contributed by atoms with Crippen LogP contribution in [0.25, 0.3) is 21.9 Å². The van der Waals surface area contributed by atoms with E-state index in [4.69, 9.17) is 0 Å². The Balaban J connectivity index is 1.63. The van der Waals surface area contributed by atoms with Gasteiger partial charge in [0.1, 0.15) is 0 Å². The van der Waals surface area contributed by atoms with Crippen LogP contribution in [0.1, 0.15) is 28.4 Å². The molecule has 27 heavy (non-hydrogen) atoms. The Kier molecular flexibility index (Phi) is 3.51. The van der Waals surface area contributed by atoms with Crippen molar-refractivity contribution in [3.8, 4) is 11.1 Å². The van der Waals surface area contributed by atoms with Gasteiger partial charge in [0.15, 0.2) is 5.78 Å². The molecule has 1 heteroatoms. The number of hydrogen-bond donors (Lipinski definition) is 0. The zero-order valence-corrected chi connectivity index (χ0v) is 15.3. The fourth-order valence-corrected chi connectivity index (χ4v) is 4.45. The second-order valence-corrected chi connectivity index (χ2v) is 7.60. The summed E-state index contributed by atoms with van der Waals surface area (Å²) in [6, 6.07) is 31.3. The van der Waals surface area contributed by atoms with E-state index in [0.717, 1.165) is 23.1 Å². The first-order valence-corrected chi connectivity index (χ1v) is 9.38. The lowest BCUT2D eigenvalue weighted by molar-refractivity contribution is 0.0916. The average Bonchev–Trinajstić information content (AvgIpc) is 2.99. The lowest BCUT2D eigenvalue weighted by atomic mass is 9.77. The van der Waals surface area contributed by atoms with E-state index in [9.17, 15) is 4.79 Å². The third-order valence-electron chi connectivity index (χ3n) is 5.89. The first-order chi connectivity index (χ1) is 13.2. The Morgan fingerprint density at radius 2 is 1.48 bits per heavy atom. The standard InChI is InChI=1S/C26H20O/c1-26(24-13-7-11-19-10-5-6-12-22(19)24)17-21-16-20(14-15-23(21)25(26)27)18-8-3-2-4-9-18/h2-16H,17H2,1H3. The van der Waals surface area contributed by atoms with E-state index in [1.807, 2.05) is 30.3 Å². The maximum Gasteiger partial charge on any atom is 0.173 e. The first kappa shape index (κ1) is 16.0. The summed E-state index contributed by atoms with van der Waals surface area (Å²) < 4.78 is 0. The summed E-state index contributed by atoms with van der Waals surface area (Å²) in [5.41, 5.74) is 4.99. The Bertz CT molecular complexity index is 1170. The van der Waals surface area contributed by atoms with Crippen LogP contribution in [0.4, 0.5) is 0 Å². The number of benzene rings is 4. The van der Waals surface area contributed by atoms with E-state index in [1.165, 1.54) is 21.9 Å². The van der Waals surface area contributed by atoms with Crippen LogP contribution in [0, 0.1) is 0 Å². The molecule has 130 valence electrons. The number of carbonyl (C=O) groups is 1. The van der Waals surface area contributed by atoms with Gasteiger partial charge in [-0.05, 0) is 46.4 Å². The predicted octanol–water partition coefficient (Wildman–Crippen LogP) is 6.20. The second kappa shape index (κ2) is 5.92. The SMILES string of the molecule is CC1(c2cccc3ccccc23)Cc2cc(-c3ccccc3)ccc2C1=O. The van der Waals surface area contributed by atoms with Crippen molar-refractivity contribution >= 4 is 16.6 Å². The highest BCUT2D eigenvalue weighted by atomic mass is 16.1. The molecule has 0 amide bonds. The van der Waals surface area contributed by atoms with Crippen molar-refractivity contribution in [3.05, 3.63) is 108 Å². The number of fused-ring (bicyclic) bond motifs is 2. The lowest BCUT2D eigenvalue weighted by Crippen LogP contribution is -2.29. The molecule has 1 unspecified atom stereocenters. The van der Waals surface area contributed by atoms with Gasteiger partial charge in [-0.3, -0.25) is 4.79 Å². The highest BCUT2D eigenvalue weighted by molar-refractivity contribution is 6.10. The van der Waals surface area contributed by atoms with E-state index < -0.39 is 5.41 Å². The van der Waals surface area contributed by atoms with Gasteiger partial charge in [-0.15, -0.1) is 0 Å². The maximum absolute atomic E-state index is 13.4. The number of hydrogen-bond acceptors (Lipinski definition) is 1. The molecule has 1 atom stereocenters. The van der Waals surface area contributed by atoms with E-state index in [-0.39, 0.29) is 5.78 Å². The fraction of sp³-hybridized carbons (Fsp3) is 0.115. The molecule has 0 saturated carbocycles. The smallest absolute Gasteiger partial charge is 0.173 e. The molecule has 4 aromatic carbocycles. The third-order valence-corrected chi connectivity index (χ3v) is 5.89. The van der Waals surface area contributed by atoms with Crippen LogP contribution in [0.2, 0.25) is 0 Å². The zero-order chi connectivity index (χ0) is 18.4. The molecular weight excluding hydrogens is 328 g/mol. The minimum absolute atomic E-state index is 0.230. The Morgan fingerprint density at radius 3 is 2.33 bits per heavy atom. The first-order valence-electron chi connectivity index (χ1n) is 9.38. The van der Waals surface area contributed by atoms with Gasteiger partial charge in [-0.1, -0.05) is 91.0 Å². The fourth-order valence-electron chi connectivity index (χ4n) is 4.45. The summed E-state index contributed by atoms with van der Waals surface area (Å²) >= 11 is 0. The molecule has 1 nitrogen and oxygen atoms in total. The second-order valence-electron chi connectivity index (χ2n) is 7.60. The lowest BCUT2D eigenvalue weighted by Gasteiger charge is -2.24.